The molecule has 0 saturated carbocycles. The first-order valence-corrected chi connectivity index (χ1v) is 10.3. The molecule has 3 rings (SSSR count). The zero-order valence-electron chi connectivity index (χ0n) is 17.6. The molecule has 1 heterocycles. The van der Waals surface area contributed by atoms with Crippen molar-refractivity contribution in [1.82, 2.24) is 10.2 Å². The van der Waals surface area contributed by atoms with Crippen LogP contribution in [-0.4, -0.2) is 56.9 Å². The SMILES string of the molecule is CCOc1cccc(OCCNC(=O)N2CCN(c3cccc(C)c3C)CC2)c1. The number of nitrogens with zero attached hydrogens (tertiary/aromatic N) is 2. The smallest absolute Gasteiger partial charge is 0.317 e. The molecule has 0 aromatic heterocycles. The van der Waals surface area contributed by atoms with Crippen LogP contribution in [0.15, 0.2) is 42.5 Å². The first-order chi connectivity index (χ1) is 14.1. The van der Waals surface area contributed by atoms with Crippen LogP contribution in [0, 0.1) is 13.8 Å². The van der Waals surface area contributed by atoms with E-state index in [1.165, 1.54) is 16.8 Å². The van der Waals surface area contributed by atoms with Gasteiger partial charge in [0.25, 0.3) is 0 Å². The number of benzene rings is 2. The minimum absolute atomic E-state index is 0.0303. The molecule has 2 aromatic carbocycles. The number of carbonyl (C=O) groups excluding carboxylic acids is 1. The standard InChI is InChI=1S/C23H31N3O3/c1-4-28-20-8-6-9-21(17-20)29-16-11-24-23(27)26-14-12-25(13-15-26)22-10-5-7-18(2)19(22)3/h5-10,17H,4,11-16H2,1-3H3,(H,24,27). The predicted octanol–water partition coefficient (Wildman–Crippen LogP) is 3.61. The van der Waals surface area contributed by atoms with Gasteiger partial charge in [0, 0.05) is 37.9 Å². The Morgan fingerprint density at radius 1 is 1.00 bits per heavy atom. The molecule has 1 aliphatic rings. The highest BCUT2D eigenvalue weighted by molar-refractivity contribution is 5.74. The summed E-state index contributed by atoms with van der Waals surface area (Å²) in [5.74, 6) is 1.53. The van der Waals surface area contributed by atoms with E-state index in [0.717, 1.165) is 37.7 Å². The van der Waals surface area contributed by atoms with Gasteiger partial charge in [-0.1, -0.05) is 18.2 Å². The molecule has 0 bridgehead atoms. The lowest BCUT2D eigenvalue weighted by molar-refractivity contribution is 0.191. The second-order valence-corrected chi connectivity index (χ2v) is 7.18. The quantitative estimate of drug-likeness (QED) is 0.725. The second-order valence-electron chi connectivity index (χ2n) is 7.18. The highest BCUT2D eigenvalue weighted by Gasteiger charge is 2.22. The lowest BCUT2D eigenvalue weighted by Crippen LogP contribution is -2.52. The largest absolute Gasteiger partial charge is 0.494 e. The van der Waals surface area contributed by atoms with Gasteiger partial charge in [-0.25, -0.2) is 4.79 Å². The van der Waals surface area contributed by atoms with Gasteiger partial charge in [-0.05, 0) is 50.1 Å². The monoisotopic (exact) mass is 397 g/mol. The van der Waals surface area contributed by atoms with Crippen molar-refractivity contribution in [3.63, 3.8) is 0 Å². The Labute approximate surface area is 173 Å². The maximum absolute atomic E-state index is 12.4. The van der Waals surface area contributed by atoms with E-state index < -0.39 is 0 Å². The Morgan fingerprint density at radius 3 is 2.41 bits per heavy atom. The van der Waals surface area contributed by atoms with Gasteiger partial charge in [0.15, 0.2) is 0 Å². The van der Waals surface area contributed by atoms with Gasteiger partial charge in [0.05, 0.1) is 13.2 Å². The summed E-state index contributed by atoms with van der Waals surface area (Å²) in [5.41, 5.74) is 3.89. The molecule has 0 atom stereocenters. The molecule has 156 valence electrons. The number of carbonyl (C=O) groups is 1. The van der Waals surface area contributed by atoms with Crippen molar-refractivity contribution in [3.8, 4) is 11.5 Å². The average Bonchev–Trinajstić information content (AvgIpc) is 2.74. The molecular formula is C23H31N3O3. The van der Waals surface area contributed by atoms with E-state index in [2.05, 4.69) is 42.3 Å². The Bertz CT molecular complexity index is 817. The Kier molecular flexibility index (Phi) is 7.22. The van der Waals surface area contributed by atoms with Gasteiger partial charge in [-0.3, -0.25) is 0 Å². The van der Waals surface area contributed by atoms with Gasteiger partial charge in [-0.15, -0.1) is 0 Å². The minimum atomic E-state index is -0.0303. The molecule has 29 heavy (non-hydrogen) atoms. The first kappa shape index (κ1) is 20.8. The summed E-state index contributed by atoms with van der Waals surface area (Å²) in [7, 11) is 0. The summed E-state index contributed by atoms with van der Waals surface area (Å²) in [4.78, 5) is 16.7. The summed E-state index contributed by atoms with van der Waals surface area (Å²) < 4.78 is 11.2. The van der Waals surface area contributed by atoms with E-state index in [0.29, 0.717) is 19.8 Å². The molecule has 6 nitrogen and oxygen atoms in total. The molecule has 1 N–H and O–H groups in total. The van der Waals surface area contributed by atoms with Crippen LogP contribution >= 0.6 is 0 Å². The molecule has 0 aliphatic carbocycles. The maximum atomic E-state index is 12.4. The Hall–Kier alpha value is -2.89. The van der Waals surface area contributed by atoms with Crippen molar-refractivity contribution in [3.05, 3.63) is 53.6 Å². The zero-order valence-corrected chi connectivity index (χ0v) is 17.6. The lowest BCUT2D eigenvalue weighted by Gasteiger charge is -2.37. The number of aryl methyl sites for hydroxylation is 1. The lowest BCUT2D eigenvalue weighted by atomic mass is 10.1. The molecular weight excluding hydrogens is 366 g/mol. The van der Waals surface area contributed by atoms with E-state index in [-0.39, 0.29) is 6.03 Å². The fraction of sp³-hybridized carbons (Fsp3) is 0.435. The zero-order chi connectivity index (χ0) is 20.6. The third-order valence-corrected chi connectivity index (χ3v) is 5.25. The Morgan fingerprint density at radius 2 is 1.69 bits per heavy atom. The normalized spacial score (nSPS) is 13.9. The maximum Gasteiger partial charge on any atom is 0.317 e. The van der Waals surface area contributed by atoms with Crippen LogP contribution in [0.3, 0.4) is 0 Å². The Balaban J connectivity index is 1.40. The number of hydrogen-bond acceptors (Lipinski definition) is 4. The third-order valence-electron chi connectivity index (χ3n) is 5.25. The first-order valence-electron chi connectivity index (χ1n) is 10.3. The number of nitrogens with one attached hydrogen (secondary N) is 1. The van der Waals surface area contributed by atoms with Crippen molar-refractivity contribution >= 4 is 11.7 Å². The third kappa shape index (κ3) is 5.56. The average molecular weight is 398 g/mol. The number of ether oxygens (including phenoxy) is 2. The van der Waals surface area contributed by atoms with Crippen molar-refractivity contribution in [1.29, 1.82) is 0 Å². The van der Waals surface area contributed by atoms with Crippen LogP contribution < -0.4 is 19.7 Å². The van der Waals surface area contributed by atoms with E-state index >= 15 is 0 Å². The molecule has 1 fully saturated rings. The van der Waals surface area contributed by atoms with Crippen molar-refractivity contribution in [2.75, 3.05) is 50.8 Å². The van der Waals surface area contributed by atoms with Gasteiger partial charge >= 0.3 is 6.03 Å². The second kappa shape index (κ2) is 10.0. The van der Waals surface area contributed by atoms with Crippen LogP contribution in [0.25, 0.3) is 0 Å². The van der Waals surface area contributed by atoms with Crippen LogP contribution in [0.4, 0.5) is 10.5 Å². The molecule has 6 heteroatoms. The molecule has 0 spiro atoms. The van der Waals surface area contributed by atoms with Gasteiger partial charge < -0.3 is 24.6 Å². The van der Waals surface area contributed by atoms with Crippen molar-refractivity contribution in [2.45, 2.75) is 20.8 Å². The summed E-state index contributed by atoms with van der Waals surface area (Å²) in [6.07, 6.45) is 0. The number of anilines is 1. The highest BCUT2D eigenvalue weighted by Crippen LogP contribution is 2.24. The molecule has 0 unspecified atom stereocenters. The molecule has 2 amide bonds. The molecule has 1 aliphatic heterocycles. The van der Waals surface area contributed by atoms with Gasteiger partial charge in [0.2, 0.25) is 0 Å². The van der Waals surface area contributed by atoms with Gasteiger partial charge in [0.1, 0.15) is 18.1 Å². The molecule has 0 radical (unpaired) electrons. The number of amides is 2. The van der Waals surface area contributed by atoms with Crippen molar-refractivity contribution < 1.29 is 14.3 Å². The van der Waals surface area contributed by atoms with Crippen LogP contribution in [0.1, 0.15) is 18.1 Å². The number of piperazine rings is 1. The van der Waals surface area contributed by atoms with E-state index in [9.17, 15) is 4.79 Å². The van der Waals surface area contributed by atoms with Crippen LogP contribution in [0.5, 0.6) is 11.5 Å². The number of urea groups is 1. The molecule has 1 saturated heterocycles. The molecule has 2 aromatic rings. The summed E-state index contributed by atoms with van der Waals surface area (Å²) >= 11 is 0. The summed E-state index contributed by atoms with van der Waals surface area (Å²) in [5, 5.41) is 2.95. The van der Waals surface area contributed by atoms with E-state index in [4.69, 9.17) is 9.47 Å². The number of hydrogen-bond donors (Lipinski definition) is 1. The summed E-state index contributed by atoms with van der Waals surface area (Å²) in [6.45, 7) is 10.9. The minimum Gasteiger partial charge on any atom is -0.494 e. The number of rotatable bonds is 7. The van der Waals surface area contributed by atoms with E-state index in [1.54, 1.807) is 0 Å². The van der Waals surface area contributed by atoms with Crippen LogP contribution in [0.2, 0.25) is 0 Å². The van der Waals surface area contributed by atoms with E-state index in [1.807, 2.05) is 36.1 Å². The van der Waals surface area contributed by atoms with Gasteiger partial charge in [-0.2, -0.15) is 0 Å². The van der Waals surface area contributed by atoms with Crippen molar-refractivity contribution in [2.24, 2.45) is 0 Å². The predicted molar refractivity (Wildman–Crippen MR) is 116 cm³/mol. The summed E-state index contributed by atoms with van der Waals surface area (Å²) in [6, 6.07) is 13.9. The fourth-order valence-electron chi connectivity index (χ4n) is 3.49. The topological polar surface area (TPSA) is 54.0 Å². The fourth-order valence-corrected chi connectivity index (χ4v) is 3.49. The highest BCUT2D eigenvalue weighted by atomic mass is 16.5. The van der Waals surface area contributed by atoms with Crippen LogP contribution in [-0.2, 0) is 0 Å².